The maximum Gasteiger partial charge on any atom is 0.126 e. The molecule has 154 valence electrons. The summed E-state index contributed by atoms with van der Waals surface area (Å²) in [4.78, 5) is 4.91. The predicted molar refractivity (Wildman–Crippen MR) is 120 cm³/mol. The van der Waals surface area contributed by atoms with E-state index in [0.29, 0.717) is 0 Å². The van der Waals surface area contributed by atoms with Gasteiger partial charge in [-0.25, -0.2) is 4.52 Å². The molecule has 0 spiro atoms. The van der Waals surface area contributed by atoms with Crippen molar-refractivity contribution >= 4 is 16.9 Å². The monoisotopic (exact) mass is 419 g/mol. The number of ether oxygens (including phenoxy) is 1. The number of piperazine rings is 1. The van der Waals surface area contributed by atoms with E-state index in [-0.39, 0.29) is 6.04 Å². The van der Waals surface area contributed by atoms with E-state index in [2.05, 4.69) is 62.2 Å². The smallest absolute Gasteiger partial charge is 0.126 e. The average Bonchev–Trinajstić information content (AvgIpc) is 3.44. The van der Waals surface area contributed by atoms with Gasteiger partial charge in [0.1, 0.15) is 11.4 Å². The fourth-order valence-electron chi connectivity index (χ4n) is 4.20. The Morgan fingerprint density at radius 2 is 2.03 bits per heavy atom. The number of fused-ring (bicyclic) bond motifs is 1. The molecule has 0 saturated carbocycles. The fourth-order valence-corrected chi connectivity index (χ4v) is 4.86. The minimum Gasteiger partial charge on any atom is -0.496 e. The van der Waals surface area contributed by atoms with Gasteiger partial charge < -0.3 is 4.74 Å². The lowest BCUT2D eigenvalue weighted by atomic mass is 10.0. The Bertz CT molecular complexity index is 1140. The normalized spacial score (nSPS) is 18.1. The molecule has 4 heterocycles. The van der Waals surface area contributed by atoms with Crippen molar-refractivity contribution in [2.75, 3.05) is 33.8 Å². The number of pyridine rings is 1. The second-order valence-corrected chi connectivity index (χ2v) is 8.57. The Balaban J connectivity index is 1.44. The number of likely N-dealkylation sites (N-methyl/N-ethyl adjacent to an activating group) is 1. The van der Waals surface area contributed by atoms with Gasteiger partial charge in [0.2, 0.25) is 0 Å². The number of thiophene rings is 1. The van der Waals surface area contributed by atoms with Crippen LogP contribution < -0.4 is 4.74 Å². The number of methoxy groups -OCH3 is 1. The van der Waals surface area contributed by atoms with Gasteiger partial charge in [-0.15, -0.1) is 5.10 Å². The molecule has 1 aliphatic heterocycles. The molecule has 3 aromatic heterocycles. The Labute approximate surface area is 180 Å². The highest BCUT2D eigenvalue weighted by molar-refractivity contribution is 7.07. The quantitative estimate of drug-likeness (QED) is 0.490. The lowest BCUT2D eigenvalue weighted by Gasteiger charge is -2.38. The molecule has 0 bridgehead atoms. The molecule has 0 aliphatic carbocycles. The van der Waals surface area contributed by atoms with Crippen LogP contribution in [0, 0.1) is 0 Å². The zero-order chi connectivity index (χ0) is 20.5. The molecule has 5 rings (SSSR count). The lowest BCUT2D eigenvalue weighted by molar-refractivity contribution is 0.0890. The molecule has 30 heavy (non-hydrogen) atoms. The lowest BCUT2D eigenvalue weighted by Crippen LogP contribution is -2.46. The van der Waals surface area contributed by atoms with E-state index in [0.717, 1.165) is 54.3 Å². The van der Waals surface area contributed by atoms with Crippen LogP contribution in [0.25, 0.3) is 16.6 Å². The number of aromatic nitrogens is 3. The molecule has 0 amide bonds. The van der Waals surface area contributed by atoms with E-state index in [4.69, 9.17) is 4.74 Å². The Hall–Kier alpha value is -2.74. The minimum atomic E-state index is 0.229. The van der Waals surface area contributed by atoms with Gasteiger partial charge in [-0.1, -0.05) is 29.5 Å². The summed E-state index contributed by atoms with van der Waals surface area (Å²) in [5, 5.41) is 13.4. The van der Waals surface area contributed by atoms with Crippen LogP contribution >= 0.6 is 11.3 Å². The SMILES string of the molecule is COc1ccccc1-c1ccc2c(C3CN(Cc4ccsc4)CCN3C)nnn2c1. The number of nitrogens with zero attached hydrogens (tertiary/aromatic N) is 5. The molecule has 1 aliphatic rings. The predicted octanol–water partition coefficient (Wildman–Crippen LogP) is 3.96. The van der Waals surface area contributed by atoms with Crippen molar-refractivity contribution in [2.24, 2.45) is 0 Å². The van der Waals surface area contributed by atoms with E-state index in [1.165, 1.54) is 5.56 Å². The summed E-state index contributed by atoms with van der Waals surface area (Å²) >= 11 is 1.76. The van der Waals surface area contributed by atoms with E-state index < -0.39 is 0 Å². The molecule has 1 atom stereocenters. The maximum atomic E-state index is 5.52. The van der Waals surface area contributed by atoms with Gasteiger partial charge in [0.05, 0.1) is 18.7 Å². The summed E-state index contributed by atoms with van der Waals surface area (Å²) < 4.78 is 7.42. The zero-order valence-corrected chi connectivity index (χ0v) is 18.0. The first-order chi connectivity index (χ1) is 14.7. The average molecular weight is 420 g/mol. The molecule has 0 N–H and O–H groups in total. The Morgan fingerprint density at radius 3 is 2.87 bits per heavy atom. The number of benzene rings is 1. The van der Waals surface area contributed by atoms with Crippen molar-refractivity contribution in [3.8, 4) is 16.9 Å². The summed E-state index contributed by atoms with van der Waals surface area (Å²) in [7, 11) is 3.88. The fraction of sp³-hybridized carbons (Fsp3) is 0.304. The molecule has 1 unspecified atom stereocenters. The summed E-state index contributed by atoms with van der Waals surface area (Å²) in [5.41, 5.74) is 5.60. The van der Waals surface area contributed by atoms with Gasteiger partial charge in [-0.3, -0.25) is 9.80 Å². The van der Waals surface area contributed by atoms with Gasteiger partial charge in [-0.2, -0.15) is 11.3 Å². The van der Waals surface area contributed by atoms with Crippen molar-refractivity contribution in [3.63, 3.8) is 0 Å². The van der Waals surface area contributed by atoms with E-state index in [9.17, 15) is 0 Å². The van der Waals surface area contributed by atoms with Gasteiger partial charge in [0.25, 0.3) is 0 Å². The second-order valence-electron chi connectivity index (χ2n) is 7.79. The van der Waals surface area contributed by atoms with Crippen molar-refractivity contribution in [1.82, 2.24) is 24.6 Å². The van der Waals surface area contributed by atoms with Crippen molar-refractivity contribution in [2.45, 2.75) is 12.6 Å². The third kappa shape index (κ3) is 3.60. The number of rotatable bonds is 5. The summed E-state index contributed by atoms with van der Waals surface area (Å²) in [6.45, 7) is 4.03. The topological polar surface area (TPSA) is 45.9 Å². The van der Waals surface area contributed by atoms with Crippen LogP contribution in [0.1, 0.15) is 17.3 Å². The molecule has 6 nitrogen and oxygen atoms in total. The van der Waals surface area contributed by atoms with Crippen LogP contribution in [-0.4, -0.2) is 58.4 Å². The van der Waals surface area contributed by atoms with E-state index >= 15 is 0 Å². The van der Waals surface area contributed by atoms with Crippen molar-refractivity contribution in [1.29, 1.82) is 0 Å². The number of para-hydroxylation sites is 1. The minimum absolute atomic E-state index is 0.229. The Kier molecular flexibility index (Phi) is 5.25. The van der Waals surface area contributed by atoms with Gasteiger partial charge in [0.15, 0.2) is 0 Å². The Morgan fingerprint density at radius 1 is 1.13 bits per heavy atom. The summed E-state index contributed by atoms with van der Waals surface area (Å²) in [5.74, 6) is 0.855. The van der Waals surface area contributed by atoms with Crippen LogP contribution in [-0.2, 0) is 6.54 Å². The van der Waals surface area contributed by atoms with Crippen LogP contribution in [0.2, 0.25) is 0 Å². The molecule has 0 radical (unpaired) electrons. The van der Waals surface area contributed by atoms with Crippen LogP contribution in [0.15, 0.2) is 59.4 Å². The number of hydrogen-bond donors (Lipinski definition) is 0. The highest BCUT2D eigenvalue weighted by atomic mass is 32.1. The first kappa shape index (κ1) is 19.2. The maximum absolute atomic E-state index is 5.52. The molecule has 1 aromatic carbocycles. The third-order valence-electron chi connectivity index (χ3n) is 5.89. The highest BCUT2D eigenvalue weighted by Crippen LogP contribution is 2.32. The molecule has 4 aromatic rings. The first-order valence-corrected chi connectivity index (χ1v) is 11.1. The number of hydrogen-bond acceptors (Lipinski definition) is 6. The van der Waals surface area contributed by atoms with E-state index in [1.807, 2.05) is 28.9 Å². The first-order valence-electron chi connectivity index (χ1n) is 10.1. The molecular weight excluding hydrogens is 394 g/mol. The van der Waals surface area contributed by atoms with Crippen molar-refractivity contribution < 1.29 is 4.74 Å². The summed E-state index contributed by atoms with van der Waals surface area (Å²) in [6.07, 6.45) is 2.04. The van der Waals surface area contributed by atoms with Crippen LogP contribution in [0.3, 0.4) is 0 Å². The second kappa shape index (κ2) is 8.18. The van der Waals surface area contributed by atoms with Crippen LogP contribution in [0.4, 0.5) is 0 Å². The molecular formula is C23H25N5OS. The van der Waals surface area contributed by atoms with Crippen LogP contribution in [0.5, 0.6) is 5.75 Å². The molecule has 1 saturated heterocycles. The molecule has 1 fully saturated rings. The van der Waals surface area contributed by atoms with Gasteiger partial charge in [-0.05, 0) is 41.6 Å². The zero-order valence-electron chi connectivity index (χ0n) is 17.2. The van der Waals surface area contributed by atoms with Gasteiger partial charge >= 0.3 is 0 Å². The highest BCUT2D eigenvalue weighted by Gasteiger charge is 2.29. The standard InChI is InChI=1S/C23H25N5OS/c1-26-10-11-27(13-17-9-12-30-16-17)15-21(26)23-20-8-7-18(14-28(20)25-24-23)19-5-3-4-6-22(19)29-2/h3-9,12,14,16,21H,10-11,13,15H2,1-2H3. The third-order valence-corrected chi connectivity index (χ3v) is 6.62. The molecule has 7 heteroatoms. The summed E-state index contributed by atoms with van der Waals surface area (Å²) in [6, 6.07) is 14.7. The van der Waals surface area contributed by atoms with Crippen molar-refractivity contribution in [3.05, 3.63) is 70.7 Å². The van der Waals surface area contributed by atoms with Gasteiger partial charge in [0, 0.05) is 43.5 Å². The van der Waals surface area contributed by atoms with E-state index in [1.54, 1.807) is 18.4 Å². The largest absolute Gasteiger partial charge is 0.496 e.